The van der Waals surface area contributed by atoms with Crippen LogP contribution in [0.5, 0.6) is 0 Å². The van der Waals surface area contributed by atoms with Gasteiger partial charge in [0.1, 0.15) is 6.04 Å². The summed E-state index contributed by atoms with van der Waals surface area (Å²) >= 11 is 0. The van der Waals surface area contributed by atoms with Crippen LogP contribution in [0.3, 0.4) is 0 Å². The van der Waals surface area contributed by atoms with Crippen molar-refractivity contribution in [2.24, 2.45) is 0 Å². The van der Waals surface area contributed by atoms with E-state index >= 15 is 0 Å². The smallest absolute Gasteiger partial charge is 0.548 e. The minimum absolute atomic E-state index is 0. The molecule has 0 fully saturated rings. The molecule has 0 amide bonds. The monoisotopic (exact) mass is 403 g/mol. The van der Waals surface area contributed by atoms with E-state index < -0.39 is 24.2 Å². The van der Waals surface area contributed by atoms with Gasteiger partial charge in [0.15, 0.2) is 6.23 Å². The first-order valence-corrected chi connectivity index (χ1v) is 7.27. The summed E-state index contributed by atoms with van der Waals surface area (Å²) in [5.41, 5.74) is 1.57. The molecule has 1 aliphatic rings. The number of hydrogen-bond donors (Lipinski definition) is 0. The topological polar surface area (TPSA) is 107 Å². The van der Waals surface area contributed by atoms with E-state index in [9.17, 15) is 24.9 Å². The van der Waals surface area contributed by atoms with Gasteiger partial charge in [-0.25, -0.2) is 5.11 Å². The van der Waals surface area contributed by atoms with Gasteiger partial charge in [0.25, 0.3) is 0 Å². The van der Waals surface area contributed by atoms with Crippen LogP contribution < -0.4 is 118 Å². The molecule has 0 saturated carbocycles. The number of fused-ring (bicyclic) bond motifs is 1. The zero-order valence-corrected chi connectivity index (χ0v) is 20.7. The molecule has 0 saturated heterocycles. The quantitative estimate of drug-likeness (QED) is 0.363. The summed E-state index contributed by atoms with van der Waals surface area (Å²) in [5.74, 6) is -3.77. The Hall–Kier alpha value is 0.373. The molecule has 0 bridgehead atoms. The van der Waals surface area contributed by atoms with Crippen LogP contribution in [0.15, 0.2) is 54.6 Å². The van der Waals surface area contributed by atoms with E-state index in [0.29, 0.717) is 11.3 Å². The molecule has 1 atom stereocenters. The van der Waals surface area contributed by atoms with E-state index in [4.69, 9.17) is 0 Å². The molecule has 1 heterocycles. The van der Waals surface area contributed by atoms with Gasteiger partial charge in [-0.15, -0.1) is 0 Å². The summed E-state index contributed by atoms with van der Waals surface area (Å²) in [5, 5.41) is 37.3. The van der Waals surface area contributed by atoms with E-state index in [1.807, 2.05) is 6.07 Å². The van der Waals surface area contributed by atoms with Crippen molar-refractivity contribution in [3.63, 3.8) is 0 Å². The van der Waals surface area contributed by atoms with Crippen LogP contribution in [-0.2, 0) is 21.2 Å². The number of hydrogen-bond acceptors (Lipinski definition) is 6. The zero-order valence-electron chi connectivity index (χ0n) is 14.5. The maximum absolute atomic E-state index is 12.6. The molecule has 3 rings (SSSR count). The Kier molecular flexibility index (Phi) is 10.1. The van der Waals surface area contributed by atoms with Crippen molar-refractivity contribution in [3.8, 4) is 0 Å². The number of aliphatic carboxylic acids is 2. The number of benzene rings is 2. The van der Waals surface area contributed by atoms with E-state index in [0.717, 1.165) is 10.6 Å². The van der Waals surface area contributed by atoms with Gasteiger partial charge < -0.3 is 19.8 Å². The summed E-state index contributed by atoms with van der Waals surface area (Å²) in [6.07, 6.45) is -1.68. The van der Waals surface area contributed by atoms with E-state index in [1.165, 1.54) is 5.01 Å². The van der Waals surface area contributed by atoms with Gasteiger partial charge in [-0.05, 0) is 11.6 Å². The van der Waals surface area contributed by atoms with Gasteiger partial charge in [-0.2, -0.15) is 5.01 Å². The molecule has 0 spiro atoms. The molecule has 26 heavy (non-hydrogen) atoms. The minimum atomic E-state index is -2.18. The minimum Gasteiger partial charge on any atom is -0.548 e. The number of carboxylic acid groups (broad SMARTS) is 2. The second-order valence-electron chi connectivity index (χ2n) is 5.38. The van der Waals surface area contributed by atoms with Gasteiger partial charge in [-0.1, -0.05) is 48.5 Å². The van der Waals surface area contributed by atoms with Crippen LogP contribution in [0.4, 0.5) is 5.69 Å². The molecular weight excluding hydrogens is 390 g/mol. The van der Waals surface area contributed by atoms with Crippen molar-refractivity contribution in [1.82, 2.24) is 5.01 Å². The van der Waals surface area contributed by atoms with Gasteiger partial charge in [0.2, 0.25) is 0 Å². The fourth-order valence-electron chi connectivity index (χ4n) is 2.84. The molecule has 0 aliphatic carbocycles. The predicted octanol–water partition coefficient (Wildman–Crippen LogP) is -6.77. The number of rotatable bonds is 5. The van der Waals surface area contributed by atoms with Crippen molar-refractivity contribution in [2.75, 3.05) is 5.01 Å². The molecule has 0 aromatic heterocycles. The molecule has 2 aromatic rings. The Labute approximate surface area is 235 Å². The van der Waals surface area contributed by atoms with Gasteiger partial charge in [-0.3, -0.25) is 5.01 Å². The normalized spacial score (nSPS) is 15.8. The fraction of sp³-hybridized carbons (Fsp3) is 0.176. The van der Waals surface area contributed by atoms with Crippen molar-refractivity contribution in [2.45, 2.75) is 18.8 Å². The fourth-order valence-corrected chi connectivity index (χ4v) is 2.84. The van der Waals surface area contributed by atoms with Crippen molar-refractivity contribution in [3.05, 3.63) is 65.7 Å². The van der Waals surface area contributed by atoms with E-state index in [2.05, 4.69) is 0 Å². The third-order valence-electron chi connectivity index (χ3n) is 3.89. The largest absolute Gasteiger partial charge is 1.00 e. The molecule has 9 heteroatoms. The maximum Gasteiger partial charge on any atom is 1.00 e. The Balaban J connectivity index is 0.00000169. The summed E-state index contributed by atoms with van der Waals surface area (Å²) in [6, 6.07) is 13.4. The molecule has 1 unspecified atom stereocenters. The van der Waals surface area contributed by atoms with Crippen molar-refractivity contribution >= 4 is 17.6 Å². The number of hydrazine groups is 1. The molecule has 2 aromatic carbocycles. The first kappa shape index (κ1) is 24.4. The molecule has 0 N–H and O–H groups in total. The molecule has 1 aliphatic heterocycles. The molecular formula is C17H13K2N2O5. The van der Waals surface area contributed by atoms with E-state index in [-0.39, 0.29) is 109 Å². The Morgan fingerprint density at radius 3 is 2.04 bits per heavy atom. The third kappa shape index (κ3) is 5.04. The second kappa shape index (κ2) is 10.8. The Bertz CT molecular complexity index is 761. The summed E-state index contributed by atoms with van der Waals surface area (Å²) in [7, 11) is 0. The summed E-state index contributed by atoms with van der Waals surface area (Å²) in [4.78, 5) is 22.6. The van der Waals surface area contributed by atoms with Crippen LogP contribution in [0.1, 0.15) is 17.4 Å². The van der Waals surface area contributed by atoms with Crippen LogP contribution in [-0.4, -0.2) is 23.0 Å². The number of anilines is 1. The number of nitrogens with zero attached hydrogens (tertiary/aromatic N) is 2. The first-order chi connectivity index (χ1) is 11.5. The van der Waals surface area contributed by atoms with Crippen LogP contribution >= 0.6 is 0 Å². The molecule has 123 valence electrons. The average molecular weight is 403 g/mol. The average Bonchev–Trinajstić information content (AvgIpc) is 2.82. The molecule has 7 nitrogen and oxygen atoms in total. The van der Waals surface area contributed by atoms with Crippen LogP contribution in [0, 0.1) is 0 Å². The van der Waals surface area contributed by atoms with Gasteiger partial charge in [0, 0.05) is 5.56 Å². The zero-order chi connectivity index (χ0) is 17.3. The Morgan fingerprint density at radius 1 is 0.923 bits per heavy atom. The van der Waals surface area contributed by atoms with Crippen molar-refractivity contribution < 1.29 is 128 Å². The summed E-state index contributed by atoms with van der Waals surface area (Å²) in [6.45, 7) is 0.146. The van der Waals surface area contributed by atoms with Crippen LogP contribution in [0.2, 0.25) is 0 Å². The number of para-hydroxylation sites is 1. The number of carbonyl (C=O) groups excluding carboxylic acids is 2. The number of carbonyl (C=O) groups is 2. The first-order valence-electron chi connectivity index (χ1n) is 7.27. The van der Waals surface area contributed by atoms with Crippen molar-refractivity contribution in [1.29, 1.82) is 0 Å². The van der Waals surface area contributed by atoms with Gasteiger partial charge in [0.05, 0.1) is 24.2 Å². The maximum atomic E-state index is 12.6. The third-order valence-corrected chi connectivity index (χ3v) is 3.89. The SMILES string of the molecule is [K+].[K+].[O]C1c2ccccc2N(Cc2ccccc2)N1C(C(=O)[O-])C(=O)[O-]. The Morgan fingerprint density at radius 2 is 1.46 bits per heavy atom. The summed E-state index contributed by atoms with van der Waals surface area (Å²) < 4.78 is 0. The second-order valence-corrected chi connectivity index (χ2v) is 5.38. The van der Waals surface area contributed by atoms with E-state index in [1.54, 1.807) is 48.5 Å². The number of carboxylic acids is 2. The van der Waals surface area contributed by atoms with Crippen LogP contribution in [0.25, 0.3) is 0 Å². The standard InChI is InChI=1S/C17H15N2O5.2K/c20-15-12-8-4-5-9-13(12)18(10-11-6-2-1-3-7-11)19(15)14(16(21)22)17(23)24;;/h1-9,14-15H,10H2,(H,21,22)(H,23,24);;/q;2*+1/p-2. The van der Waals surface area contributed by atoms with Gasteiger partial charge >= 0.3 is 103 Å². The predicted molar refractivity (Wildman–Crippen MR) is 78.1 cm³/mol. The molecule has 1 radical (unpaired) electrons.